The molecule has 1 aromatic rings. The number of benzene rings is 1. The van der Waals surface area contributed by atoms with Gasteiger partial charge in [-0.25, -0.2) is 0 Å². The van der Waals surface area contributed by atoms with Crippen molar-refractivity contribution >= 4 is 0 Å². The molecule has 19 heavy (non-hydrogen) atoms. The molecule has 1 saturated heterocycles. The fourth-order valence-corrected chi connectivity index (χ4v) is 2.89. The van der Waals surface area contributed by atoms with Crippen LogP contribution in [0.4, 0.5) is 0 Å². The van der Waals surface area contributed by atoms with Crippen molar-refractivity contribution in [1.29, 1.82) is 0 Å². The monoisotopic (exact) mass is 263 g/mol. The van der Waals surface area contributed by atoms with Crippen LogP contribution in [-0.2, 0) is 10.2 Å². The van der Waals surface area contributed by atoms with E-state index >= 15 is 0 Å². The number of nitrogens with one attached hydrogen (secondary N) is 1. The van der Waals surface area contributed by atoms with E-state index in [4.69, 9.17) is 9.47 Å². The molecule has 0 atom stereocenters. The van der Waals surface area contributed by atoms with Gasteiger partial charge in [0.15, 0.2) is 0 Å². The second kappa shape index (κ2) is 6.92. The molecule has 3 nitrogen and oxygen atoms in total. The van der Waals surface area contributed by atoms with Crippen molar-refractivity contribution in [2.24, 2.45) is 0 Å². The van der Waals surface area contributed by atoms with Crippen molar-refractivity contribution in [3.05, 3.63) is 29.8 Å². The molecule has 0 amide bonds. The Morgan fingerprint density at radius 1 is 1.26 bits per heavy atom. The van der Waals surface area contributed by atoms with Crippen LogP contribution < -0.4 is 10.1 Å². The SMILES string of the molecule is CCCNCC1(c2ccccc2OC)CCOCC1. The average molecular weight is 263 g/mol. The van der Waals surface area contributed by atoms with E-state index < -0.39 is 0 Å². The minimum atomic E-state index is 0.153. The van der Waals surface area contributed by atoms with Crippen LogP contribution in [0.1, 0.15) is 31.7 Å². The van der Waals surface area contributed by atoms with E-state index in [-0.39, 0.29) is 5.41 Å². The zero-order valence-electron chi connectivity index (χ0n) is 12.1. The van der Waals surface area contributed by atoms with Gasteiger partial charge < -0.3 is 14.8 Å². The predicted octanol–water partition coefficient (Wildman–Crippen LogP) is 2.74. The Morgan fingerprint density at radius 2 is 2.00 bits per heavy atom. The van der Waals surface area contributed by atoms with E-state index in [1.54, 1.807) is 7.11 Å². The van der Waals surface area contributed by atoms with Gasteiger partial charge in [0.25, 0.3) is 0 Å². The van der Waals surface area contributed by atoms with E-state index in [2.05, 4.69) is 30.4 Å². The van der Waals surface area contributed by atoms with Crippen LogP contribution in [-0.4, -0.2) is 33.4 Å². The molecule has 1 N–H and O–H groups in total. The number of hydrogen-bond acceptors (Lipinski definition) is 3. The van der Waals surface area contributed by atoms with Gasteiger partial charge >= 0.3 is 0 Å². The quantitative estimate of drug-likeness (QED) is 0.801. The molecule has 1 heterocycles. The molecule has 3 heteroatoms. The third-order valence-corrected chi connectivity index (χ3v) is 4.02. The number of ether oxygens (including phenoxy) is 2. The van der Waals surface area contributed by atoms with Crippen LogP contribution in [0.3, 0.4) is 0 Å². The molecule has 0 unspecified atom stereocenters. The summed E-state index contributed by atoms with van der Waals surface area (Å²) in [6.07, 6.45) is 3.28. The molecule has 1 fully saturated rings. The first-order chi connectivity index (χ1) is 9.32. The number of hydrogen-bond donors (Lipinski definition) is 1. The molecule has 1 aliphatic heterocycles. The Hall–Kier alpha value is -1.06. The van der Waals surface area contributed by atoms with Gasteiger partial charge in [0.1, 0.15) is 5.75 Å². The summed E-state index contributed by atoms with van der Waals surface area (Å²) in [6, 6.07) is 8.41. The van der Waals surface area contributed by atoms with Crippen molar-refractivity contribution in [3.63, 3.8) is 0 Å². The standard InChI is InChI=1S/C16H25NO2/c1-3-10-17-13-16(8-11-19-12-9-16)14-6-4-5-7-15(14)18-2/h4-7,17H,3,8-13H2,1-2H3. The lowest BCUT2D eigenvalue weighted by atomic mass is 9.73. The van der Waals surface area contributed by atoms with Crippen LogP contribution in [0, 0.1) is 0 Å². The first-order valence-electron chi connectivity index (χ1n) is 7.24. The second-order valence-corrected chi connectivity index (χ2v) is 5.27. The van der Waals surface area contributed by atoms with Crippen LogP contribution >= 0.6 is 0 Å². The van der Waals surface area contributed by atoms with Crippen molar-refractivity contribution in [3.8, 4) is 5.75 Å². The Morgan fingerprint density at radius 3 is 2.68 bits per heavy atom. The smallest absolute Gasteiger partial charge is 0.122 e. The summed E-state index contributed by atoms with van der Waals surface area (Å²) in [5.74, 6) is 1.00. The summed E-state index contributed by atoms with van der Waals surface area (Å²) in [7, 11) is 1.76. The minimum Gasteiger partial charge on any atom is -0.496 e. The van der Waals surface area contributed by atoms with Crippen molar-refractivity contribution < 1.29 is 9.47 Å². The largest absolute Gasteiger partial charge is 0.496 e. The maximum Gasteiger partial charge on any atom is 0.122 e. The van der Waals surface area contributed by atoms with Gasteiger partial charge in [0.2, 0.25) is 0 Å². The predicted molar refractivity (Wildman–Crippen MR) is 77.9 cm³/mol. The highest BCUT2D eigenvalue weighted by Crippen LogP contribution is 2.39. The van der Waals surface area contributed by atoms with Crippen LogP contribution in [0.15, 0.2) is 24.3 Å². The molecule has 0 saturated carbocycles. The average Bonchev–Trinajstić information content (AvgIpc) is 2.48. The van der Waals surface area contributed by atoms with E-state index in [0.717, 1.165) is 44.9 Å². The van der Waals surface area contributed by atoms with Crippen LogP contribution in [0.25, 0.3) is 0 Å². The first-order valence-corrected chi connectivity index (χ1v) is 7.24. The summed E-state index contributed by atoms with van der Waals surface area (Å²) in [5.41, 5.74) is 1.48. The number of rotatable bonds is 6. The molecule has 0 spiro atoms. The van der Waals surface area contributed by atoms with Gasteiger partial charge in [-0.2, -0.15) is 0 Å². The van der Waals surface area contributed by atoms with Gasteiger partial charge in [0.05, 0.1) is 7.11 Å². The lowest BCUT2D eigenvalue weighted by molar-refractivity contribution is 0.0491. The Bertz CT molecular complexity index is 386. The third kappa shape index (κ3) is 3.28. The molecule has 1 aromatic carbocycles. The fraction of sp³-hybridized carbons (Fsp3) is 0.625. The zero-order chi connectivity index (χ0) is 13.6. The second-order valence-electron chi connectivity index (χ2n) is 5.27. The zero-order valence-corrected chi connectivity index (χ0v) is 12.1. The Kier molecular flexibility index (Phi) is 5.23. The van der Waals surface area contributed by atoms with Gasteiger partial charge in [-0.1, -0.05) is 25.1 Å². The molecule has 0 aliphatic carbocycles. The first kappa shape index (κ1) is 14.4. The van der Waals surface area contributed by atoms with Crippen molar-refractivity contribution in [2.75, 3.05) is 33.4 Å². The van der Waals surface area contributed by atoms with Crippen LogP contribution in [0.5, 0.6) is 5.75 Å². The summed E-state index contributed by atoms with van der Waals surface area (Å²) < 4.78 is 11.1. The molecule has 0 radical (unpaired) electrons. The maximum atomic E-state index is 5.56. The highest BCUT2D eigenvalue weighted by molar-refractivity contribution is 5.40. The summed E-state index contributed by atoms with van der Waals surface area (Å²) in [4.78, 5) is 0. The van der Waals surface area contributed by atoms with Gasteiger partial charge in [-0.3, -0.25) is 0 Å². The normalized spacial score (nSPS) is 18.2. The molecular weight excluding hydrogens is 238 g/mol. The highest BCUT2D eigenvalue weighted by atomic mass is 16.5. The van der Waals surface area contributed by atoms with E-state index in [1.165, 1.54) is 12.0 Å². The van der Waals surface area contributed by atoms with Gasteiger partial charge in [0, 0.05) is 30.7 Å². The lowest BCUT2D eigenvalue weighted by Gasteiger charge is -2.38. The van der Waals surface area contributed by atoms with E-state index in [9.17, 15) is 0 Å². The molecule has 0 aromatic heterocycles. The molecule has 106 valence electrons. The molecule has 0 bridgehead atoms. The Balaban J connectivity index is 2.25. The summed E-state index contributed by atoms with van der Waals surface area (Å²) in [5, 5.41) is 3.58. The molecular formula is C16H25NO2. The maximum absolute atomic E-state index is 5.56. The highest BCUT2D eigenvalue weighted by Gasteiger charge is 2.36. The lowest BCUT2D eigenvalue weighted by Crippen LogP contribution is -2.43. The van der Waals surface area contributed by atoms with Gasteiger partial charge in [-0.15, -0.1) is 0 Å². The summed E-state index contributed by atoms with van der Waals surface area (Å²) >= 11 is 0. The molecule has 1 aliphatic rings. The van der Waals surface area contributed by atoms with E-state index in [1.807, 2.05) is 6.07 Å². The third-order valence-electron chi connectivity index (χ3n) is 4.02. The topological polar surface area (TPSA) is 30.5 Å². The minimum absolute atomic E-state index is 0.153. The Labute approximate surface area is 116 Å². The summed E-state index contributed by atoms with van der Waals surface area (Å²) in [6.45, 7) is 5.95. The number of methoxy groups -OCH3 is 1. The van der Waals surface area contributed by atoms with Gasteiger partial charge in [-0.05, 0) is 31.9 Å². The van der Waals surface area contributed by atoms with Crippen molar-refractivity contribution in [2.45, 2.75) is 31.6 Å². The number of para-hydroxylation sites is 1. The van der Waals surface area contributed by atoms with E-state index in [0.29, 0.717) is 0 Å². The van der Waals surface area contributed by atoms with Crippen molar-refractivity contribution in [1.82, 2.24) is 5.32 Å². The van der Waals surface area contributed by atoms with Crippen LogP contribution in [0.2, 0.25) is 0 Å². The fourth-order valence-electron chi connectivity index (χ4n) is 2.89. The molecule has 2 rings (SSSR count).